The van der Waals surface area contributed by atoms with Gasteiger partial charge in [0.1, 0.15) is 5.69 Å². The second-order valence-corrected chi connectivity index (χ2v) is 5.80. The molecule has 1 aliphatic rings. The monoisotopic (exact) mass is 299 g/mol. The Morgan fingerprint density at radius 1 is 0.955 bits per heavy atom. The van der Waals surface area contributed by atoms with Crippen molar-refractivity contribution in [2.75, 3.05) is 18.0 Å². The average molecular weight is 299 g/mol. The molecule has 2 heterocycles. The van der Waals surface area contributed by atoms with E-state index in [2.05, 4.69) is 4.90 Å². The Labute approximate surface area is 129 Å². The zero-order chi connectivity index (χ0) is 15.7. The minimum Gasteiger partial charge on any atom is -0.366 e. The van der Waals surface area contributed by atoms with Crippen LogP contribution in [0.1, 0.15) is 25.0 Å². The Morgan fingerprint density at radius 2 is 1.59 bits per heavy atom. The molecule has 5 heteroatoms. The highest BCUT2D eigenvalue weighted by Crippen LogP contribution is 2.20. The first-order valence-electron chi connectivity index (χ1n) is 7.74. The van der Waals surface area contributed by atoms with E-state index in [9.17, 15) is 9.59 Å². The number of piperidine rings is 1. The zero-order valence-electron chi connectivity index (χ0n) is 13.1. The predicted molar refractivity (Wildman–Crippen MR) is 88.1 cm³/mol. The van der Waals surface area contributed by atoms with Gasteiger partial charge in [-0.1, -0.05) is 18.2 Å². The third-order valence-corrected chi connectivity index (χ3v) is 4.35. The van der Waals surface area contributed by atoms with Gasteiger partial charge in [-0.3, -0.25) is 13.9 Å². The SMILES string of the molecule is Cc1c(N2CCCCC2)c(=O)n(C)c(=O)n1-c1ccccc1. The molecule has 116 valence electrons. The van der Waals surface area contributed by atoms with Crippen molar-refractivity contribution in [2.24, 2.45) is 7.05 Å². The molecule has 0 atom stereocenters. The zero-order valence-corrected chi connectivity index (χ0v) is 13.1. The molecular formula is C17H21N3O2. The maximum atomic E-state index is 12.6. The average Bonchev–Trinajstić information content (AvgIpc) is 2.55. The highest BCUT2D eigenvalue weighted by Gasteiger charge is 2.21. The number of benzene rings is 1. The summed E-state index contributed by atoms with van der Waals surface area (Å²) in [6.45, 7) is 3.62. The second-order valence-electron chi connectivity index (χ2n) is 5.80. The molecule has 0 saturated carbocycles. The first-order chi connectivity index (χ1) is 10.6. The van der Waals surface area contributed by atoms with E-state index in [1.807, 2.05) is 37.3 Å². The summed E-state index contributed by atoms with van der Waals surface area (Å²) in [5.41, 5.74) is 1.68. The van der Waals surface area contributed by atoms with Gasteiger partial charge in [0.2, 0.25) is 0 Å². The number of para-hydroxylation sites is 1. The molecule has 0 N–H and O–H groups in total. The van der Waals surface area contributed by atoms with Crippen LogP contribution in [0.15, 0.2) is 39.9 Å². The van der Waals surface area contributed by atoms with Crippen LogP contribution in [0.5, 0.6) is 0 Å². The molecule has 5 nitrogen and oxygen atoms in total. The Bertz CT molecular complexity index is 784. The van der Waals surface area contributed by atoms with E-state index in [0.29, 0.717) is 5.69 Å². The summed E-state index contributed by atoms with van der Waals surface area (Å²) in [6, 6.07) is 9.48. The van der Waals surface area contributed by atoms with Gasteiger partial charge in [-0.05, 0) is 38.3 Å². The Morgan fingerprint density at radius 3 is 2.23 bits per heavy atom. The van der Waals surface area contributed by atoms with Gasteiger partial charge in [-0.25, -0.2) is 4.79 Å². The van der Waals surface area contributed by atoms with Crippen molar-refractivity contribution in [3.8, 4) is 5.69 Å². The van der Waals surface area contributed by atoms with Crippen LogP contribution in [-0.2, 0) is 7.05 Å². The molecule has 0 amide bonds. The molecule has 0 spiro atoms. The minimum absolute atomic E-state index is 0.198. The van der Waals surface area contributed by atoms with Crippen molar-refractivity contribution in [1.82, 2.24) is 9.13 Å². The molecule has 1 fully saturated rings. The van der Waals surface area contributed by atoms with E-state index in [1.165, 1.54) is 11.0 Å². The number of anilines is 1. The normalized spacial score (nSPS) is 15.1. The van der Waals surface area contributed by atoms with Gasteiger partial charge in [0, 0.05) is 20.1 Å². The summed E-state index contributed by atoms with van der Waals surface area (Å²) in [4.78, 5) is 27.3. The smallest absolute Gasteiger partial charge is 0.335 e. The summed E-state index contributed by atoms with van der Waals surface area (Å²) in [5, 5.41) is 0. The standard InChI is InChI=1S/C17H21N3O2/c1-13-15(19-11-7-4-8-12-19)16(21)18(2)17(22)20(13)14-9-5-3-6-10-14/h3,5-6,9-10H,4,7-8,11-12H2,1-2H3. The van der Waals surface area contributed by atoms with Gasteiger partial charge in [-0.15, -0.1) is 0 Å². The summed E-state index contributed by atoms with van der Waals surface area (Å²) in [5.74, 6) is 0. The summed E-state index contributed by atoms with van der Waals surface area (Å²) in [7, 11) is 1.55. The van der Waals surface area contributed by atoms with Gasteiger partial charge >= 0.3 is 5.69 Å². The Kier molecular flexibility index (Phi) is 3.88. The Balaban J connectivity index is 2.25. The maximum absolute atomic E-state index is 12.6. The van der Waals surface area contributed by atoms with Crippen LogP contribution in [0.2, 0.25) is 0 Å². The Hall–Kier alpha value is -2.30. The van der Waals surface area contributed by atoms with E-state index in [1.54, 1.807) is 11.6 Å². The van der Waals surface area contributed by atoms with Crippen molar-refractivity contribution >= 4 is 5.69 Å². The largest absolute Gasteiger partial charge is 0.366 e. The van der Waals surface area contributed by atoms with E-state index >= 15 is 0 Å². The molecule has 1 aromatic heterocycles. The van der Waals surface area contributed by atoms with Crippen LogP contribution in [0.25, 0.3) is 5.69 Å². The molecule has 1 aromatic carbocycles. The van der Waals surface area contributed by atoms with Gasteiger partial charge in [-0.2, -0.15) is 0 Å². The lowest BCUT2D eigenvalue weighted by Crippen LogP contribution is -2.44. The van der Waals surface area contributed by atoms with Gasteiger partial charge < -0.3 is 4.90 Å². The number of rotatable bonds is 2. The van der Waals surface area contributed by atoms with Crippen LogP contribution in [0.3, 0.4) is 0 Å². The van der Waals surface area contributed by atoms with E-state index in [-0.39, 0.29) is 11.2 Å². The first kappa shape index (κ1) is 14.6. The summed E-state index contributed by atoms with van der Waals surface area (Å²) < 4.78 is 2.84. The van der Waals surface area contributed by atoms with E-state index < -0.39 is 0 Å². The van der Waals surface area contributed by atoms with E-state index in [0.717, 1.165) is 37.3 Å². The number of hydrogen-bond acceptors (Lipinski definition) is 3. The molecule has 1 saturated heterocycles. The fourth-order valence-electron chi connectivity index (χ4n) is 3.16. The topological polar surface area (TPSA) is 47.2 Å². The van der Waals surface area contributed by atoms with Crippen molar-refractivity contribution in [3.05, 3.63) is 56.9 Å². The van der Waals surface area contributed by atoms with Crippen molar-refractivity contribution in [1.29, 1.82) is 0 Å². The lowest BCUT2D eigenvalue weighted by Gasteiger charge is -2.30. The third kappa shape index (κ3) is 2.36. The lowest BCUT2D eigenvalue weighted by atomic mass is 10.1. The number of hydrogen-bond donors (Lipinski definition) is 0. The predicted octanol–water partition coefficient (Wildman–Crippen LogP) is 1.83. The summed E-state index contributed by atoms with van der Waals surface area (Å²) >= 11 is 0. The molecule has 2 aromatic rings. The van der Waals surface area contributed by atoms with Crippen LogP contribution in [-0.4, -0.2) is 22.2 Å². The number of nitrogens with zero attached hydrogens (tertiary/aromatic N) is 3. The molecule has 0 unspecified atom stereocenters. The first-order valence-corrected chi connectivity index (χ1v) is 7.74. The summed E-state index contributed by atoms with van der Waals surface area (Å²) in [6.07, 6.45) is 3.38. The molecule has 1 aliphatic heterocycles. The van der Waals surface area contributed by atoms with E-state index in [4.69, 9.17) is 0 Å². The maximum Gasteiger partial charge on any atom is 0.335 e. The van der Waals surface area contributed by atoms with Gasteiger partial charge in [0.15, 0.2) is 0 Å². The van der Waals surface area contributed by atoms with Crippen LogP contribution >= 0.6 is 0 Å². The quantitative estimate of drug-likeness (QED) is 0.850. The fraction of sp³-hybridized carbons (Fsp3) is 0.412. The molecular weight excluding hydrogens is 278 g/mol. The van der Waals surface area contributed by atoms with Gasteiger partial charge in [0.05, 0.1) is 11.4 Å². The molecule has 0 aliphatic carbocycles. The fourth-order valence-corrected chi connectivity index (χ4v) is 3.16. The van der Waals surface area contributed by atoms with Crippen molar-refractivity contribution in [2.45, 2.75) is 26.2 Å². The van der Waals surface area contributed by atoms with Crippen LogP contribution in [0, 0.1) is 6.92 Å². The molecule has 3 rings (SSSR count). The van der Waals surface area contributed by atoms with Gasteiger partial charge in [0.25, 0.3) is 5.56 Å². The van der Waals surface area contributed by atoms with Crippen molar-refractivity contribution in [3.63, 3.8) is 0 Å². The third-order valence-electron chi connectivity index (χ3n) is 4.35. The lowest BCUT2D eigenvalue weighted by molar-refractivity contribution is 0.567. The molecule has 0 bridgehead atoms. The van der Waals surface area contributed by atoms with Crippen molar-refractivity contribution < 1.29 is 0 Å². The minimum atomic E-state index is -0.297. The number of aromatic nitrogens is 2. The molecule has 0 radical (unpaired) electrons. The highest BCUT2D eigenvalue weighted by molar-refractivity contribution is 5.52. The molecule has 22 heavy (non-hydrogen) atoms. The highest BCUT2D eigenvalue weighted by atomic mass is 16.2. The second kappa shape index (κ2) is 5.83. The van der Waals surface area contributed by atoms with Crippen LogP contribution in [0.4, 0.5) is 5.69 Å². The van der Waals surface area contributed by atoms with Crippen LogP contribution < -0.4 is 16.1 Å².